The molecule has 9 heteroatoms. The van der Waals surface area contributed by atoms with Crippen molar-refractivity contribution in [3.63, 3.8) is 0 Å². The largest absolute Gasteiger partial charge is 0.392 e. The molecule has 21 heavy (non-hydrogen) atoms. The molecule has 0 spiro atoms. The minimum Gasteiger partial charge on any atom is -0.392 e. The number of aliphatic hydroxyl groups is 3. The lowest BCUT2D eigenvalue weighted by molar-refractivity contribution is -0.0830. The molecule has 2 aromatic heterocycles. The first kappa shape index (κ1) is 13.7. The van der Waals surface area contributed by atoms with Gasteiger partial charge < -0.3 is 25.8 Å². The molecule has 1 saturated heterocycles. The predicted octanol–water partition coefficient (Wildman–Crippen LogP) is -1.86. The summed E-state index contributed by atoms with van der Waals surface area (Å²) in [5.74, 6) is 0.210. The van der Waals surface area contributed by atoms with E-state index in [0.29, 0.717) is 5.52 Å². The summed E-state index contributed by atoms with van der Waals surface area (Å²) in [5.41, 5.74) is 2.59. The Kier molecular flexibility index (Phi) is 2.86. The van der Waals surface area contributed by atoms with E-state index in [9.17, 15) is 15.3 Å². The highest BCUT2D eigenvalue weighted by Gasteiger charge is 2.60. The van der Waals surface area contributed by atoms with E-state index in [0.717, 1.165) is 0 Å². The van der Waals surface area contributed by atoms with Crippen molar-refractivity contribution < 1.29 is 20.1 Å². The van der Waals surface area contributed by atoms with Gasteiger partial charge in [-0.15, -0.1) is 0 Å². The maximum absolute atomic E-state index is 10.7. The van der Waals surface area contributed by atoms with Gasteiger partial charge in [0.05, 0.1) is 18.9 Å². The fourth-order valence-electron chi connectivity index (χ4n) is 2.54. The molecule has 0 bridgehead atoms. The van der Waals surface area contributed by atoms with Crippen LogP contribution in [0.1, 0.15) is 5.69 Å². The summed E-state index contributed by atoms with van der Waals surface area (Å²) in [7, 11) is 0. The summed E-state index contributed by atoms with van der Waals surface area (Å²) in [6.07, 6.45) is -0.435. The van der Waals surface area contributed by atoms with E-state index in [1.54, 1.807) is 12.1 Å². The zero-order chi connectivity index (χ0) is 15.3. The van der Waals surface area contributed by atoms with Gasteiger partial charge in [-0.2, -0.15) is 10.4 Å². The van der Waals surface area contributed by atoms with E-state index < -0.39 is 23.9 Å². The molecule has 1 aliphatic heterocycles. The van der Waals surface area contributed by atoms with Crippen LogP contribution in [0.15, 0.2) is 18.5 Å². The van der Waals surface area contributed by atoms with Gasteiger partial charge in [0.2, 0.25) is 5.60 Å². The molecule has 0 aliphatic carbocycles. The third kappa shape index (κ3) is 1.64. The van der Waals surface area contributed by atoms with E-state index in [2.05, 4.69) is 10.1 Å². The standard InChI is InChI=1S/C12H13N5O4/c13-3-11(4-18)10(19)12(20,5-21-11)8-2-1-7-9(14)15-6-16-17(7)8/h1-2,6,10,18-20H,4-5H2,(H2,14,15,16)/t10-,11-,12+/m1/s1. The van der Waals surface area contributed by atoms with E-state index in [1.165, 1.54) is 16.9 Å². The first-order valence-corrected chi connectivity index (χ1v) is 6.14. The second-order valence-electron chi connectivity index (χ2n) is 4.94. The van der Waals surface area contributed by atoms with Crippen molar-refractivity contribution in [2.24, 2.45) is 0 Å². The van der Waals surface area contributed by atoms with Crippen LogP contribution in [-0.4, -0.2) is 54.8 Å². The summed E-state index contributed by atoms with van der Waals surface area (Å²) < 4.78 is 6.49. The molecule has 0 amide bonds. The third-order valence-electron chi connectivity index (χ3n) is 3.79. The van der Waals surface area contributed by atoms with Crippen LogP contribution < -0.4 is 5.73 Å². The summed E-state index contributed by atoms with van der Waals surface area (Å²) in [6, 6.07) is 4.80. The number of hydrogen-bond acceptors (Lipinski definition) is 8. The molecule has 3 rings (SSSR count). The first-order chi connectivity index (χ1) is 9.98. The number of fused-ring (bicyclic) bond motifs is 1. The quantitative estimate of drug-likeness (QED) is 0.503. The molecule has 110 valence electrons. The molecular weight excluding hydrogens is 278 g/mol. The predicted molar refractivity (Wildman–Crippen MR) is 68.7 cm³/mol. The lowest BCUT2D eigenvalue weighted by Crippen LogP contribution is -2.50. The molecule has 0 aromatic carbocycles. The highest BCUT2D eigenvalue weighted by atomic mass is 16.6. The molecule has 3 atom stereocenters. The molecule has 0 unspecified atom stereocenters. The van der Waals surface area contributed by atoms with Gasteiger partial charge in [-0.05, 0) is 12.1 Å². The average molecular weight is 291 g/mol. The Bertz CT molecular complexity index is 741. The number of aliphatic hydroxyl groups excluding tert-OH is 2. The minimum absolute atomic E-state index is 0.199. The Hall–Kier alpha value is -2.25. The van der Waals surface area contributed by atoms with Gasteiger partial charge in [-0.1, -0.05) is 0 Å². The van der Waals surface area contributed by atoms with Crippen LogP contribution in [0.5, 0.6) is 0 Å². The molecule has 0 saturated carbocycles. The Balaban J connectivity index is 2.15. The van der Waals surface area contributed by atoms with Gasteiger partial charge in [0.1, 0.15) is 24.0 Å². The molecule has 1 aliphatic rings. The van der Waals surface area contributed by atoms with E-state index in [1.807, 2.05) is 0 Å². The van der Waals surface area contributed by atoms with Crippen LogP contribution in [0, 0.1) is 11.3 Å². The normalized spacial score (nSPS) is 32.4. The Morgan fingerprint density at radius 3 is 2.95 bits per heavy atom. The average Bonchev–Trinajstić information content (AvgIpc) is 3.03. The number of nitrogen functional groups attached to an aromatic ring is 1. The van der Waals surface area contributed by atoms with Crippen molar-refractivity contribution in [2.45, 2.75) is 17.3 Å². The fourth-order valence-corrected chi connectivity index (χ4v) is 2.54. The minimum atomic E-state index is -1.90. The van der Waals surface area contributed by atoms with Gasteiger partial charge in [0, 0.05) is 0 Å². The van der Waals surface area contributed by atoms with Crippen molar-refractivity contribution in [1.29, 1.82) is 5.26 Å². The van der Waals surface area contributed by atoms with Crippen molar-refractivity contribution >= 4 is 11.3 Å². The number of nitriles is 1. The number of ether oxygens (including phenoxy) is 1. The molecule has 1 fully saturated rings. The van der Waals surface area contributed by atoms with Crippen molar-refractivity contribution in [3.05, 3.63) is 24.2 Å². The van der Waals surface area contributed by atoms with Crippen molar-refractivity contribution in [3.8, 4) is 6.07 Å². The summed E-state index contributed by atoms with van der Waals surface area (Å²) in [4.78, 5) is 3.83. The number of aromatic nitrogens is 3. The molecule has 5 N–H and O–H groups in total. The number of hydrogen-bond donors (Lipinski definition) is 4. The van der Waals surface area contributed by atoms with Gasteiger partial charge in [0.15, 0.2) is 11.4 Å². The van der Waals surface area contributed by atoms with Crippen LogP contribution in [0.3, 0.4) is 0 Å². The highest BCUT2D eigenvalue weighted by Crippen LogP contribution is 2.40. The van der Waals surface area contributed by atoms with Crippen LogP contribution in [0.25, 0.3) is 5.52 Å². The topological polar surface area (TPSA) is 150 Å². The molecule has 9 nitrogen and oxygen atoms in total. The maximum Gasteiger partial charge on any atom is 0.206 e. The molecule has 0 radical (unpaired) electrons. The van der Waals surface area contributed by atoms with E-state index >= 15 is 0 Å². The second kappa shape index (κ2) is 4.37. The van der Waals surface area contributed by atoms with Gasteiger partial charge in [0.25, 0.3) is 0 Å². The smallest absolute Gasteiger partial charge is 0.206 e. The Labute approximate surface area is 118 Å². The first-order valence-electron chi connectivity index (χ1n) is 6.14. The third-order valence-corrected chi connectivity index (χ3v) is 3.79. The summed E-state index contributed by atoms with van der Waals surface area (Å²) in [6.45, 7) is -1.11. The number of anilines is 1. The van der Waals surface area contributed by atoms with E-state index in [4.69, 9.17) is 15.7 Å². The maximum atomic E-state index is 10.7. The lowest BCUT2D eigenvalue weighted by Gasteiger charge is -2.28. The van der Waals surface area contributed by atoms with Crippen LogP contribution >= 0.6 is 0 Å². The van der Waals surface area contributed by atoms with Crippen LogP contribution in [0.4, 0.5) is 5.82 Å². The number of rotatable bonds is 2. The monoisotopic (exact) mass is 291 g/mol. The van der Waals surface area contributed by atoms with Gasteiger partial charge in [-0.3, -0.25) is 0 Å². The van der Waals surface area contributed by atoms with Crippen molar-refractivity contribution in [1.82, 2.24) is 14.6 Å². The van der Waals surface area contributed by atoms with E-state index in [-0.39, 0.29) is 18.1 Å². The number of nitrogens with zero attached hydrogens (tertiary/aromatic N) is 4. The molecule has 3 heterocycles. The van der Waals surface area contributed by atoms with Crippen LogP contribution in [-0.2, 0) is 10.3 Å². The van der Waals surface area contributed by atoms with Gasteiger partial charge >= 0.3 is 0 Å². The molecule has 2 aromatic rings. The Morgan fingerprint density at radius 1 is 1.57 bits per heavy atom. The fraction of sp³-hybridized carbons (Fsp3) is 0.417. The second-order valence-corrected chi connectivity index (χ2v) is 4.94. The van der Waals surface area contributed by atoms with Crippen molar-refractivity contribution in [2.75, 3.05) is 18.9 Å². The number of nitrogens with two attached hydrogens (primary N) is 1. The molecular formula is C12H13N5O4. The van der Waals surface area contributed by atoms with Crippen LogP contribution in [0.2, 0.25) is 0 Å². The highest BCUT2D eigenvalue weighted by molar-refractivity contribution is 5.65. The summed E-state index contributed by atoms with van der Waals surface area (Å²) >= 11 is 0. The zero-order valence-electron chi connectivity index (χ0n) is 10.8. The van der Waals surface area contributed by atoms with Gasteiger partial charge in [-0.25, -0.2) is 9.50 Å². The zero-order valence-corrected chi connectivity index (χ0v) is 10.8. The Morgan fingerprint density at radius 2 is 2.33 bits per heavy atom. The SMILES string of the molecule is N#C[C@]1(CO)OC[C@](O)(c2ccc3c(N)ncnn23)[C@@H]1O. The lowest BCUT2D eigenvalue weighted by atomic mass is 9.86. The summed E-state index contributed by atoms with van der Waals surface area (Å²) in [5, 5.41) is 43.5.